The first kappa shape index (κ1) is 13.3. The lowest BCUT2D eigenvalue weighted by molar-refractivity contribution is 0.0875. The van der Waals surface area contributed by atoms with Crippen LogP contribution >= 0.6 is 12.2 Å². The summed E-state index contributed by atoms with van der Waals surface area (Å²) in [6.45, 7) is 1.57. The summed E-state index contributed by atoms with van der Waals surface area (Å²) in [5, 5.41) is 4.41. The molecule has 104 valence electrons. The number of benzene rings is 1. The number of nitrogens with one attached hydrogen (secondary N) is 1. The number of para-hydroxylation sites is 1. The molecular weight excluding hydrogens is 270 g/mol. The molecule has 1 unspecified atom stereocenters. The predicted octanol–water partition coefficient (Wildman–Crippen LogP) is 2.46. The van der Waals surface area contributed by atoms with Gasteiger partial charge in [-0.15, -0.1) is 0 Å². The maximum atomic E-state index is 5.83. The zero-order chi connectivity index (χ0) is 13.9. The molecule has 1 saturated heterocycles. The van der Waals surface area contributed by atoms with Crippen LogP contribution in [0.2, 0.25) is 0 Å². The Bertz CT molecular complexity index is 638. The highest BCUT2D eigenvalue weighted by atomic mass is 32.1. The number of nitrogens with two attached hydrogens (primary N) is 1. The van der Waals surface area contributed by atoms with E-state index < -0.39 is 0 Å². The van der Waals surface area contributed by atoms with Crippen molar-refractivity contribution < 1.29 is 4.74 Å². The molecule has 20 heavy (non-hydrogen) atoms. The lowest BCUT2D eigenvalue weighted by atomic mass is 10.1. The third-order valence-corrected chi connectivity index (χ3v) is 3.71. The molecule has 2 heterocycles. The first-order chi connectivity index (χ1) is 9.74. The van der Waals surface area contributed by atoms with Crippen molar-refractivity contribution in [2.24, 2.45) is 5.73 Å². The van der Waals surface area contributed by atoms with Gasteiger partial charge >= 0.3 is 0 Å². The Labute approximate surface area is 123 Å². The largest absolute Gasteiger partial charge is 0.389 e. The minimum atomic E-state index is 0.302. The van der Waals surface area contributed by atoms with Gasteiger partial charge in [-0.3, -0.25) is 0 Å². The highest BCUT2D eigenvalue weighted by molar-refractivity contribution is 7.80. The lowest BCUT2D eigenvalue weighted by Crippen LogP contribution is -2.30. The van der Waals surface area contributed by atoms with Gasteiger partial charge in [0, 0.05) is 17.6 Å². The molecular formula is C15H17N3OS. The zero-order valence-electron chi connectivity index (χ0n) is 11.1. The number of pyridine rings is 1. The fourth-order valence-corrected chi connectivity index (χ4v) is 2.69. The number of fused-ring (bicyclic) bond motifs is 1. The molecule has 4 nitrogen and oxygen atoms in total. The number of rotatable bonds is 3. The first-order valence-corrected chi connectivity index (χ1v) is 7.19. The van der Waals surface area contributed by atoms with E-state index in [0.717, 1.165) is 48.3 Å². The Morgan fingerprint density at radius 3 is 3.00 bits per heavy atom. The van der Waals surface area contributed by atoms with Gasteiger partial charge in [0.15, 0.2) is 0 Å². The maximum absolute atomic E-state index is 5.83. The summed E-state index contributed by atoms with van der Waals surface area (Å²) in [5.41, 5.74) is 7.60. The fraction of sp³-hybridized carbons (Fsp3) is 0.333. The van der Waals surface area contributed by atoms with Crippen molar-refractivity contribution >= 4 is 33.9 Å². The van der Waals surface area contributed by atoms with Gasteiger partial charge in [-0.2, -0.15) is 0 Å². The maximum Gasteiger partial charge on any atom is 0.127 e. The smallest absolute Gasteiger partial charge is 0.127 e. The molecule has 0 saturated carbocycles. The monoisotopic (exact) mass is 287 g/mol. The predicted molar refractivity (Wildman–Crippen MR) is 85.1 cm³/mol. The van der Waals surface area contributed by atoms with E-state index in [1.807, 2.05) is 30.3 Å². The van der Waals surface area contributed by atoms with Crippen LogP contribution in [-0.4, -0.2) is 29.2 Å². The standard InChI is InChI=1S/C15H17N3OS/c16-15(20)12-8-14(17-10-4-3-7-19-9-10)18-13-6-2-1-5-11(12)13/h1-2,5-6,8,10H,3-4,7,9H2,(H2,16,20)(H,17,18). The third kappa shape index (κ3) is 2.73. The van der Waals surface area contributed by atoms with Crippen LogP contribution in [0.5, 0.6) is 0 Å². The highest BCUT2D eigenvalue weighted by Gasteiger charge is 2.15. The average Bonchev–Trinajstić information content (AvgIpc) is 2.47. The Morgan fingerprint density at radius 1 is 1.40 bits per heavy atom. The van der Waals surface area contributed by atoms with E-state index in [1.165, 1.54) is 0 Å². The second-order valence-electron chi connectivity index (χ2n) is 4.99. The minimum Gasteiger partial charge on any atom is -0.389 e. The Kier molecular flexibility index (Phi) is 3.80. The fourth-order valence-electron chi connectivity index (χ4n) is 2.52. The van der Waals surface area contributed by atoms with Crippen molar-refractivity contribution in [1.29, 1.82) is 0 Å². The summed E-state index contributed by atoms with van der Waals surface area (Å²) < 4.78 is 5.48. The van der Waals surface area contributed by atoms with E-state index in [1.54, 1.807) is 0 Å². The molecule has 0 spiro atoms. The van der Waals surface area contributed by atoms with E-state index in [2.05, 4.69) is 10.3 Å². The quantitative estimate of drug-likeness (QED) is 0.849. The summed E-state index contributed by atoms with van der Waals surface area (Å²) in [6.07, 6.45) is 2.17. The van der Waals surface area contributed by atoms with Crippen LogP contribution in [0.15, 0.2) is 30.3 Å². The summed E-state index contributed by atoms with van der Waals surface area (Å²) in [4.78, 5) is 5.03. The number of hydrogen-bond acceptors (Lipinski definition) is 4. The summed E-state index contributed by atoms with van der Waals surface area (Å²) in [5.74, 6) is 0.807. The second-order valence-corrected chi connectivity index (χ2v) is 5.43. The van der Waals surface area contributed by atoms with E-state index in [9.17, 15) is 0 Å². The molecule has 2 aromatic rings. The summed E-state index contributed by atoms with van der Waals surface area (Å²) in [7, 11) is 0. The number of aromatic nitrogens is 1. The summed E-state index contributed by atoms with van der Waals surface area (Å²) >= 11 is 5.15. The van der Waals surface area contributed by atoms with Crippen LogP contribution in [0.3, 0.4) is 0 Å². The zero-order valence-corrected chi connectivity index (χ0v) is 12.0. The molecule has 1 aliphatic rings. The van der Waals surface area contributed by atoms with E-state index in [-0.39, 0.29) is 0 Å². The van der Waals surface area contributed by atoms with Gasteiger partial charge in [-0.1, -0.05) is 30.4 Å². The molecule has 0 aliphatic carbocycles. The van der Waals surface area contributed by atoms with Gasteiger partial charge in [-0.25, -0.2) is 4.98 Å². The molecule has 3 rings (SSSR count). The minimum absolute atomic E-state index is 0.302. The molecule has 1 aromatic heterocycles. The normalized spacial score (nSPS) is 18.9. The number of thiocarbonyl (C=S) groups is 1. The SMILES string of the molecule is NC(=S)c1cc(NC2CCCOC2)nc2ccccc12. The van der Waals surface area contributed by atoms with Crippen molar-refractivity contribution in [2.45, 2.75) is 18.9 Å². The molecule has 5 heteroatoms. The Morgan fingerprint density at radius 2 is 2.25 bits per heavy atom. The van der Waals surface area contributed by atoms with Gasteiger partial charge in [-0.05, 0) is 25.0 Å². The van der Waals surface area contributed by atoms with Gasteiger partial charge in [0.25, 0.3) is 0 Å². The topological polar surface area (TPSA) is 60.2 Å². The van der Waals surface area contributed by atoms with E-state index in [4.69, 9.17) is 22.7 Å². The van der Waals surface area contributed by atoms with Crippen molar-refractivity contribution in [2.75, 3.05) is 18.5 Å². The number of ether oxygens (including phenoxy) is 1. The Hall–Kier alpha value is -1.72. The van der Waals surface area contributed by atoms with Crippen LogP contribution in [0.25, 0.3) is 10.9 Å². The third-order valence-electron chi connectivity index (χ3n) is 3.49. The molecule has 1 atom stereocenters. The van der Waals surface area contributed by atoms with Gasteiger partial charge < -0.3 is 15.8 Å². The molecule has 0 amide bonds. The van der Waals surface area contributed by atoms with Crippen molar-refractivity contribution in [3.8, 4) is 0 Å². The lowest BCUT2D eigenvalue weighted by Gasteiger charge is -2.24. The van der Waals surface area contributed by atoms with Crippen molar-refractivity contribution in [1.82, 2.24) is 4.98 Å². The number of anilines is 1. The second kappa shape index (κ2) is 5.73. The van der Waals surface area contributed by atoms with Crippen molar-refractivity contribution in [3.05, 3.63) is 35.9 Å². The first-order valence-electron chi connectivity index (χ1n) is 6.78. The average molecular weight is 287 g/mol. The summed E-state index contributed by atoms with van der Waals surface area (Å²) in [6, 6.07) is 10.1. The Balaban J connectivity index is 1.96. The van der Waals surface area contributed by atoms with E-state index in [0.29, 0.717) is 11.0 Å². The van der Waals surface area contributed by atoms with Crippen LogP contribution in [0.4, 0.5) is 5.82 Å². The van der Waals surface area contributed by atoms with Gasteiger partial charge in [0.2, 0.25) is 0 Å². The molecule has 1 fully saturated rings. The number of nitrogens with zero attached hydrogens (tertiary/aromatic N) is 1. The van der Waals surface area contributed by atoms with Gasteiger partial charge in [0.1, 0.15) is 10.8 Å². The van der Waals surface area contributed by atoms with Crippen LogP contribution in [0.1, 0.15) is 18.4 Å². The van der Waals surface area contributed by atoms with Gasteiger partial charge in [0.05, 0.1) is 18.2 Å². The van der Waals surface area contributed by atoms with E-state index >= 15 is 0 Å². The van der Waals surface area contributed by atoms with Crippen molar-refractivity contribution in [3.63, 3.8) is 0 Å². The highest BCUT2D eigenvalue weighted by Crippen LogP contribution is 2.22. The number of hydrogen-bond donors (Lipinski definition) is 2. The van der Waals surface area contributed by atoms with Crippen LogP contribution in [0, 0.1) is 0 Å². The van der Waals surface area contributed by atoms with Crippen LogP contribution in [-0.2, 0) is 4.74 Å². The van der Waals surface area contributed by atoms with Crippen LogP contribution < -0.4 is 11.1 Å². The molecule has 0 radical (unpaired) electrons. The molecule has 0 bridgehead atoms. The molecule has 1 aliphatic heterocycles. The molecule has 1 aromatic carbocycles. The molecule has 3 N–H and O–H groups in total.